The number of hydrogen-bond acceptors (Lipinski definition) is 3. The molecule has 1 N–H and O–H groups in total. The number of amides is 2. The van der Waals surface area contributed by atoms with Crippen molar-refractivity contribution in [1.82, 2.24) is 9.80 Å². The minimum atomic E-state index is -0.604. The molecule has 170 valence electrons. The van der Waals surface area contributed by atoms with Crippen LogP contribution in [0, 0.1) is 17.7 Å². The summed E-state index contributed by atoms with van der Waals surface area (Å²) in [5.41, 5.74) is 2.72. The van der Waals surface area contributed by atoms with Crippen LogP contribution in [0.2, 0.25) is 0 Å². The first kappa shape index (κ1) is 21.9. The summed E-state index contributed by atoms with van der Waals surface area (Å²) in [5.74, 6) is 4.82. The molecule has 6 heteroatoms. The van der Waals surface area contributed by atoms with E-state index in [4.69, 9.17) is 0 Å². The smallest absolute Gasteiger partial charge is 0.257 e. The molecule has 2 heterocycles. The summed E-state index contributed by atoms with van der Waals surface area (Å²) < 4.78 is 14.2. The molecule has 34 heavy (non-hydrogen) atoms. The third kappa shape index (κ3) is 3.95. The minimum absolute atomic E-state index is 0.0420. The van der Waals surface area contributed by atoms with Gasteiger partial charge in [-0.2, -0.15) is 0 Å². The Kier molecular flexibility index (Phi) is 5.87. The third-order valence-corrected chi connectivity index (χ3v) is 6.56. The lowest BCUT2D eigenvalue weighted by atomic mass is 9.73. The van der Waals surface area contributed by atoms with E-state index in [0.29, 0.717) is 0 Å². The Morgan fingerprint density at radius 2 is 1.59 bits per heavy atom. The molecule has 0 bridgehead atoms. The van der Waals surface area contributed by atoms with Crippen molar-refractivity contribution in [3.05, 3.63) is 107 Å². The molecule has 3 aromatic rings. The Labute approximate surface area is 197 Å². The molecule has 2 amide bonds. The summed E-state index contributed by atoms with van der Waals surface area (Å²) in [4.78, 5) is 28.8. The lowest BCUT2D eigenvalue weighted by molar-refractivity contribution is -0.159. The summed E-state index contributed by atoms with van der Waals surface area (Å²) >= 11 is 0. The van der Waals surface area contributed by atoms with Crippen molar-refractivity contribution in [2.75, 3.05) is 19.7 Å². The number of aliphatic hydroxyl groups is 1. The second kappa shape index (κ2) is 9.12. The summed E-state index contributed by atoms with van der Waals surface area (Å²) in [5, 5.41) is 9.98. The normalized spacial score (nSPS) is 21.2. The van der Waals surface area contributed by atoms with Crippen LogP contribution in [0.25, 0.3) is 0 Å². The van der Waals surface area contributed by atoms with Crippen LogP contribution in [0.1, 0.15) is 33.0 Å². The van der Waals surface area contributed by atoms with Gasteiger partial charge in [-0.15, -0.1) is 0 Å². The van der Waals surface area contributed by atoms with Crippen molar-refractivity contribution >= 4 is 11.8 Å². The zero-order valence-electron chi connectivity index (χ0n) is 18.4. The van der Waals surface area contributed by atoms with Crippen molar-refractivity contribution in [1.29, 1.82) is 0 Å². The van der Waals surface area contributed by atoms with Crippen molar-refractivity contribution in [2.45, 2.75) is 18.0 Å². The third-order valence-electron chi connectivity index (χ3n) is 6.56. The number of benzene rings is 3. The number of nitrogens with zero attached hydrogens (tertiary/aromatic N) is 2. The second-order valence-electron chi connectivity index (χ2n) is 8.55. The van der Waals surface area contributed by atoms with Gasteiger partial charge in [0.2, 0.25) is 5.91 Å². The Hall–Kier alpha value is -3.95. The van der Waals surface area contributed by atoms with Crippen LogP contribution in [0.3, 0.4) is 0 Å². The number of halogens is 1. The molecule has 0 aromatic heterocycles. The molecule has 5 rings (SSSR count). The van der Waals surface area contributed by atoms with E-state index in [-0.39, 0.29) is 49.2 Å². The van der Waals surface area contributed by atoms with Crippen molar-refractivity contribution in [2.24, 2.45) is 0 Å². The molecular formula is C28H23FN2O3. The predicted octanol–water partition coefficient (Wildman–Crippen LogP) is 3.04. The highest BCUT2D eigenvalue weighted by molar-refractivity contribution is 5.97. The number of fused-ring (bicyclic) bond motifs is 1. The molecule has 5 nitrogen and oxygen atoms in total. The summed E-state index contributed by atoms with van der Waals surface area (Å²) in [7, 11) is 0. The van der Waals surface area contributed by atoms with Crippen molar-refractivity contribution in [3.8, 4) is 11.8 Å². The number of piperazine rings is 1. The molecule has 3 aromatic carbocycles. The van der Waals surface area contributed by atoms with Crippen LogP contribution in [-0.2, 0) is 4.79 Å². The van der Waals surface area contributed by atoms with Gasteiger partial charge in [0.1, 0.15) is 12.4 Å². The monoisotopic (exact) mass is 454 g/mol. The van der Waals surface area contributed by atoms with Gasteiger partial charge in [-0.05, 0) is 42.0 Å². The molecule has 0 saturated carbocycles. The van der Waals surface area contributed by atoms with E-state index in [1.807, 2.05) is 54.6 Å². The Morgan fingerprint density at radius 3 is 2.26 bits per heavy atom. The maximum absolute atomic E-state index is 14.2. The first-order valence-corrected chi connectivity index (χ1v) is 11.2. The molecule has 0 spiro atoms. The van der Waals surface area contributed by atoms with Gasteiger partial charge < -0.3 is 14.9 Å². The van der Waals surface area contributed by atoms with Crippen molar-refractivity contribution in [3.63, 3.8) is 0 Å². The van der Waals surface area contributed by atoms with Gasteiger partial charge >= 0.3 is 0 Å². The summed E-state index contributed by atoms with van der Waals surface area (Å²) in [6.45, 7) is 0.000268. The molecule has 2 saturated heterocycles. The van der Waals surface area contributed by atoms with Gasteiger partial charge in [-0.25, -0.2) is 4.39 Å². The van der Waals surface area contributed by atoms with Gasteiger partial charge in [0.05, 0.1) is 24.3 Å². The van der Waals surface area contributed by atoms with Gasteiger partial charge in [0, 0.05) is 23.6 Å². The summed E-state index contributed by atoms with van der Waals surface area (Å²) in [6.07, 6.45) is 0. The zero-order chi connectivity index (χ0) is 23.7. The fourth-order valence-electron chi connectivity index (χ4n) is 4.91. The van der Waals surface area contributed by atoms with Crippen LogP contribution in [-0.4, -0.2) is 58.5 Å². The molecule has 0 radical (unpaired) electrons. The van der Waals surface area contributed by atoms with E-state index in [1.54, 1.807) is 11.0 Å². The lowest BCUT2D eigenvalue weighted by Gasteiger charge is -2.58. The largest absolute Gasteiger partial charge is 0.394 e. The van der Waals surface area contributed by atoms with Gasteiger partial charge in [-0.3, -0.25) is 9.59 Å². The topological polar surface area (TPSA) is 60.9 Å². The maximum atomic E-state index is 14.2. The highest BCUT2D eigenvalue weighted by Crippen LogP contribution is 2.43. The zero-order valence-corrected chi connectivity index (χ0v) is 18.4. The predicted molar refractivity (Wildman–Crippen MR) is 125 cm³/mol. The number of carbonyl (C=O) groups is 2. The molecule has 0 aliphatic carbocycles. The highest BCUT2D eigenvalue weighted by atomic mass is 19.1. The number of hydrogen-bond donors (Lipinski definition) is 1. The number of carbonyl (C=O) groups excluding carboxylic acids is 2. The van der Waals surface area contributed by atoms with E-state index < -0.39 is 11.7 Å². The van der Waals surface area contributed by atoms with Crippen LogP contribution < -0.4 is 0 Å². The molecular weight excluding hydrogens is 431 g/mol. The van der Waals surface area contributed by atoms with Crippen LogP contribution >= 0.6 is 0 Å². The second-order valence-corrected chi connectivity index (χ2v) is 8.55. The van der Waals surface area contributed by atoms with Crippen LogP contribution in [0.5, 0.6) is 0 Å². The van der Waals surface area contributed by atoms with E-state index >= 15 is 0 Å². The van der Waals surface area contributed by atoms with Crippen LogP contribution in [0.4, 0.5) is 4.39 Å². The Balaban J connectivity index is 1.36. The van der Waals surface area contributed by atoms with Gasteiger partial charge in [0.25, 0.3) is 5.91 Å². The molecule has 2 aliphatic heterocycles. The first-order chi connectivity index (χ1) is 16.6. The Bertz CT molecular complexity index is 1280. The van der Waals surface area contributed by atoms with Crippen molar-refractivity contribution < 1.29 is 19.1 Å². The quantitative estimate of drug-likeness (QED) is 0.619. The van der Waals surface area contributed by atoms with Crippen LogP contribution in [0.15, 0.2) is 78.9 Å². The standard InChI is InChI=1S/C28H23FN2O3/c29-23-9-5-4-8-22(23)28(34)30-16-24-27(25(18-32)31(24)26(33)17-30)21-14-12-20(13-15-21)11-10-19-6-2-1-3-7-19/h1-9,12-15,24-25,27,32H,16-18H2/t24-,25-,27+/m0/s1. The maximum Gasteiger partial charge on any atom is 0.257 e. The summed E-state index contributed by atoms with van der Waals surface area (Å²) in [6, 6.07) is 22.7. The van der Waals surface area contributed by atoms with Gasteiger partial charge in [0.15, 0.2) is 0 Å². The molecule has 2 fully saturated rings. The molecule has 3 atom stereocenters. The molecule has 0 unspecified atom stereocenters. The average Bonchev–Trinajstić information content (AvgIpc) is 2.85. The number of aliphatic hydroxyl groups excluding tert-OH is 1. The highest BCUT2D eigenvalue weighted by Gasteiger charge is 2.54. The SMILES string of the molecule is O=C(c1ccccc1F)N1CC(=O)N2[C@@H](CO)[C@H](c3ccc(C#Cc4ccccc4)cc3)[C@@H]2C1. The van der Waals surface area contributed by atoms with Gasteiger partial charge in [-0.1, -0.05) is 54.3 Å². The minimum Gasteiger partial charge on any atom is -0.394 e. The number of rotatable bonds is 3. The van der Waals surface area contributed by atoms with E-state index in [0.717, 1.165) is 16.7 Å². The average molecular weight is 455 g/mol. The fraction of sp³-hybridized carbons (Fsp3) is 0.214. The van der Waals surface area contributed by atoms with E-state index in [1.165, 1.54) is 23.1 Å². The Morgan fingerprint density at radius 1 is 0.941 bits per heavy atom. The fourth-order valence-corrected chi connectivity index (χ4v) is 4.91. The molecule has 2 aliphatic rings. The van der Waals surface area contributed by atoms with E-state index in [9.17, 15) is 19.1 Å². The van der Waals surface area contributed by atoms with E-state index in [2.05, 4.69) is 11.8 Å². The lowest BCUT2D eigenvalue weighted by Crippen LogP contribution is -2.73. The first-order valence-electron chi connectivity index (χ1n) is 11.2.